The third-order valence-electron chi connectivity index (χ3n) is 8.97. The monoisotopic (exact) mass is 636 g/mol. The topological polar surface area (TPSA) is 134 Å². The molecule has 2 aliphatic rings. The molecule has 12 heteroatoms. The van der Waals surface area contributed by atoms with Gasteiger partial charge in [0.05, 0.1) is 23.5 Å². The van der Waals surface area contributed by atoms with Gasteiger partial charge in [-0.15, -0.1) is 0 Å². The number of carbonyl (C=O) groups is 2. The van der Waals surface area contributed by atoms with Crippen LogP contribution in [0.25, 0.3) is 22.2 Å². The lowest BCUT2D eigenvalue weighted by atomic mass is 9.96. The van der Waals surface area contributed by atoms with Gasteiger partial charge in [0.2, 0.25) is 5.91 Å². The number of nitrogens with two attached hydrogens (primary N) is 1. The average molecular weight is 637 g/mol. The van der Waals surface area contributed by atoms with E-state index in [9.17, 15) is 14.9 Å². The molecule has 0 saturated carbocycles. The molecule has 4 aromatic rings. The van der Waals surface area contributed by atoms with Gasteiger partial charge in [-0.1, -0.05) is 18.2 Å². The third kappa shape index (κ3) is 6.39. The number of fused-ring (bicyclic) bond motifs is 1. The SMILES string of the molecule is CN1CCN(C(C)(C)C=C(C#N)C(=O)N2CCC[C@@H](n3nc(-c4ccc(Oc5ccccc5)cc4F)c4c(N)nccc43)C2)CC1=O. The van der Waals surface area contributed by atoms with Gasteiger partial charge in [-0.05, 0) is 63.1 Å². The molecule has 2 aromatic carbocycles. The lowest BCUT2D eigenvalue weighted by Gasteiger charge is -2.41. The predicted molar refractivity (Wildman–Crippen MR) is 176 cm³/mol. The van der Waals surface area contributed by atoms with Gasteiger partial charge in [0.25, 0.3) is 5.91 Å². The molecule has 2 saturated heterocycles. The van der Waals surface area contributed by atoms with Crippen LogP contribution in [0.15, 0.2) is 72.4 Å². The summed E-state index contributed by atoms with van der Waals surface area (Å²) in [5, 5.41) is 15.4. The van der Waals surface area contributed by atoms with E-state index in [4.69, 9.17) is 15.6 Å². The predicted octanol–water partition coefficient (Wildman–Crippen LogP) is 4.78. The Balaban J connectivity index is 1.27. The van der Waals surface area contributed by atoms with Crippen molar-refractivity contribution in [1.29, 1.82) is 5.26 Å². The second-order valence-corrected chi connectivity index (χ2v) is 12.5. The van der Waals surface area contributed by atoms with Crippen molar-refractivity contribution < 1.29 is 18.7 Å². The Bertz CT molecular complexity index is 1900. The summed E-state index contributed by atoms with van der Waals surface area (Å²) in [7, 11) is 1.77. The largest absolute Gasteiger partial charge is 0.457 e. The second-order valence-electron chi connectivity index (χ2n) is 12.5. The van der Waals surface area contributed by atoms with Crippen molar-refractivity contribution in [3.63, 3.8) is 0 Å². The van der Waals surface area contributed by atoms with Crippen LogP contribution in [-0.2, 0) is 9.59 Å². The second kappa shape index (κ2) is 12.8. The van der Waals surface area contributed by atoms with Crippen LogP contribution in [0, 0.1) is 17.1 Å². The number of pyridine rings is 1. The standard InChI is InChI=1S/C35H37FN8O3/c1-35(2,43-17-16-41(3)30(45)22-43)19-23(20-37)34(46)42-15-7-8-24(21-42)44-29-13-14-39-33(38)31(29)32(40-44)27-12-11-26(18-28(27)36)47-25-9-5-4-6-10-25/h4-6,9-14,18-19,24H,7-8,15-17,21-22H2,1-3H3,(H2,38,39)/t24-/m1/s1. The fourth-order valence-electron chi connectivity index (χ4n) is 6.30. The van der Waals surface area contributed by atoms with Crippen molar-refractivity contribution in [2.75, 3.05) is 45.5 Å². The molecule has 0 spiro atoms. The number of amides is 2. The Hall–Kier alpha value is -5.28. The number of nitrogens with zero attached hydrogens (tertiary/aromatic N) is 7. The first-order chi connectivity index (χ1) is 22.6. The summed E-state index contributed by atoms with van der Waals surface area (Å²) in [4.78, 5) is 35.7. The van der Waals surface area contributed by atoms with E-state index in [1.54, 1.807) is 64.1 Å². The number of likely N-dealkylation sites (tertiary alicyclic amines) is 1. The molecule has 4 heterocycles. The fourth-order valence-corrected chi connectivity index (χ4v) is 6.30. The average Bonchev–Trinajstić information content (AvgIpc) is 3.46. The van der Waals surface area contributed by atoms with Crippen molar-refractivity contribution in [1.82, 2.24) is 29.5 Å². The number of rotatable bonds is 7. The molecule has 2 aliphatic heterocycles. The Labute approximate surface area is 272 Å². The minimum absolute atomic E-state index is 0.000529. The Morgan fingerprint density at radius 2 is 1.91 bits per heavy atom. The number of ether oxygens (including phenoxy) is 1. The number of hydrogen-bond donors (Lipinski definition) is 1. The van der Waals surface area contributed by atoms with Crippen LogP contribution in [0.4, 0.5) is 10.2 Å². The first kappa shape index (κ1) is 31.7. The molecule has 0 bridgehead atoms. The van der Waals surface area contributed by atoms with Crippen molar-refractivity contribution in [2.24, 2.45) is 0 Å². The van der Waals surface area contributed by atoms with E-state index < -0.39 is 11.4 Å². The molecular weight excluding hydrogens is 599 g/mol. The minimum atomic E-state index is -0.684. The lowest BCUT2D eigenvalue weighted by molar-refractivity contribution is -0.136. The number of halogens is 1. The number of nitriles is 1. The maximum atomic E-state index is 15.7. The van der Waals surface area contributed by atoms with Crippen molar-refractivity contribution in [3.05, 3.63) is 78.3 Å². The van der Waals surface area contributed by atoms with Crippen LogP contribution in [0.1, 0.15) is 32.7 Å². The van der Waals surface area contributed by atoms with E-state index >= 15 is 4.39 Å². The number of likely N-dealkylation sites (N-methyl/N-ethyl adjacent to an activating group) is 1. The van der Waals surface area contributed by atoms with Crippen molar-refractivity contribution >= 4 is 28.5 Å². The van der Waals surface area contributed by atoms with Crippen LogP contribution in [-0.4, -0.2) is 86.6 Å². The van der Waals surface area contributed by atoms with Crippen LogP contribution in [0.5, 0.6) is 11.5 Å². The van der Waals surface area contributed by atoms with Crippen LogP contribution < -0.4 is 10.5 Å². The first-order valence-electron chi connectivity index (χ1n) is 15.6. The number of anilines is 1. The highest BCUT2D eigenvalue weighted by Crippen LogP contribution is 2.37. The van der Waals surface area contributed by atoms with E-state index in [0.717, 1.165) is 6.42 Å². The lowest BCUT2D eigenvalue weighted by Crippen LogP contribution is -2.55. The van der Waals surface area contributed by atoms with E-state index in [1.165, 1.54) is 6.07 Å². The van der Waals surface area contributed by atoms with Crippen LogP contribution in [0.2, 0.25) is 0 Å². The number of hydrogen-bond acceptors (Lipinski definition) is 8. The van der Waals surface area contributed by atoms with Gasteiger partial charge in [-0.2, -0.15) is 10.4 Å². The number of para-hydroxylation sites is 1. The summed E-state index contributed by atoms with van der Waals surface area (Å²) in [6, 6.07) is 17.4. The Morgan fingerprint density at radius 3 is 2.64 bits per heavy atom. The first-order valence-corrected chi connectivity index (χ1v) is 15.6. The molecule has 0 radical (unpaired) electrons. The molecule has 2 fully saturated rings. The van der Waals surface area contributed by atoms with Gasteiger partial charge in [-0.25, -0.2) is 9.37 Å². The summed E-state index contributed by atoms with van der Waals surface area (Å²) in [5.74, 6) is 0.255. The van der Waals surface area contributed by atoms with Crippen molar-refractivity contribution in [3.8, 4) is 28.8 Å². The Morgan fingerprint density at radius 1 is 1.13 bits per heavy atom. The van der Waals surface area contributed by atoms with Crippen LogP contribution in [0.3, 0.4) is 0 Å². The number of piperazine rings is 1. The number of piperidine rings is 1. The maximum Gasteiger partial charge on any atom is 0.264 e. The smallest absolute Gasteiger partial charge is 0.264 e. The molecule has 2 aromatic heterocycles. The molecule has 6 rings (SSSR count). The third-order valence-corrected chi connectivity index (χ3v) is 8.97. The minimum Gasteiger partial charge on any atom is -0.457 e. The van der Waals surface area contributed by atoms with Gasteiger partial charge >= 0.3 is 0 Å². The Kier molecular flexibility index (Phi) is 8.66. The number of aromatic nitrogens is 3. The highest BCUT2D eigenvalue weighted by Gasteiger charge is 2.34. The summed E-state index contributed by atoms with van der Waals surface area (Å²) >= 11 is 0. The summed E-state index contributed by atoms with van der Waals surface area (Å²) in [6.45, 7) is 6.03. The van der Waals surface area contributed by atoms with E-state index in [1.807, 2.05) is 36.9 Å². The van der Waals surface area contributed by atoms with Crippen molar-refractivity contribution in [2.45, 2.75) is 38.3 Å². The highest BCUT2D eigenvalue weighted by molar-refractivity contribution is 6.00. The van der Waals surface area contributed by atoms with Gasteiger partial charge in [-0.3, -0.25) is 19.2 Å². The zero-order valence-corrected chi connectivity index (χ0v) is 26.7. The van der Waals surface area contributed by atoms with Gasteiger partial charge in [0.1, 0.15) is 40.5 Å². The zero-order valence-electron chi connectivity index (χ0n) is 26.7. The molecule has 2 N–H and O–H groups in total. The molecular formula is C35H37FN8O3. The summed E-state index contributed by atoms with van der Waals surface area (Å²) in [5.41, 5.74) is 6.95. The van der Waals surface area contributed by atoms with Gasteiger partial charge in [0.15, 0.2) is 0 Å². The number of nitrogen functional groups attached to an aromatic ring is 1. The fraction of sp³-hybridized carbons (Fsp3) is 0.343. The molecule has 0 unspecified atom stereocenters. The summed E-state index contributed by atoms with van der Waals surface area (Å²) < 4.78 is 23.3. The number of carbonyl (C=O) groups excluding carboxylic acids is 2. The molecule has 47 heavy (non-hydrogen) atoms. The molecule has 1 atom stereocenters. The van der Waals surface area contributed by atoms with E-state index in [2.05, 4.69) is 11.1 Å². The molecule has 242 valence electrons. The zero-order chi connectivity index (χ0) is 33.3. The van der Waals surface area contributed by atoms with Gasteiger partial charge < -0.3 is 20.3 Å². The molecule has 11 nitrogen and oxygen atoms in total. The molecule has 0 aliphatic carbocycles. The maximum absolute atomic E-state index is 15.7. The van der Waals surface area contributed by atoms with Gasteiger partial charge in [0, 0.05) is 56.6 Å². The quantitative estimate of drug-likeness (QED) is 0.226. The molecule has 2 amide bonds. The normalized spacial score (nSPS) is 18.0. The number of benzene rings is 2. The summed E-state index contributed by atoms with van der Waals surface area (Å²) in [6.07, 6.45) is 4.65. The van der Waals surface area contributed by atoms with E-state index in [0.29, 0.717) is 60.7 Å². The van der Waals surface area contributed by atoms with Crippen LogP contribution >= 0.6 is 0 Å². The van der Waals surface area contributed by atoms with E-state index in [-0.39, 0.29) is 41.4 Å². The highest BCUT2D eigenvalue weighted by atomic mass is 19.1.